The lowest BCUT2D eigenvalue weighted by Crippen LogP contribution is -2.18. The van der Waals surface area contributed by atoms with Gasteiger partial charge in [-0.2, -0.15) is 0 Å². The summed E-state index contributed by atoms with van der Waals surface area (Å²) in [7, 11) is 0. The molecule has 1 aliphatic carbocycles. The SMILES string of the molecule is Cc1cc2c(c(C)c1CCO)CC(C)(C)C2=O. The van der Waals surface area contributed by atoms with Crippen LogP contribution in [0.3, 0.4) is 0 Å². The Bertz CT molecular complexity index is 484. The standard InChI is InChI=1S/C15H20O2/c1-9-7-12-13(8-15(3,4)14(12)17)10(2)11(9)5-6-16/h7,16H,5-6,8H2,1-4H3. The van der Waals surface area contributed by atoms with Crippen molar-refractivity contribution >= 4 is 5.78 Å². The highest BCUT2D eigenvalue weighted by Crippen LogP contribution is 2.39. The fraction of sp³-hybridized carbons (Fsp3) is 0.533. The molecule has 1 aromatic rings. The molecule has 0 saturated heterocycles. The Morgan fingerprint density at radius 1 is 1.35 bits per heavy atom. The summed E-state index contributed by atoms with van der Waals surface area (Å²) in [5.41, 5.74) is 5.35. The molecule has 0 aromatic heterocycles. The Morgan fingerprint density at radius 3 is 2.59 bits per heavy atom. The molecule has 1 aromatic carbocycles. The number of rotatable bonds is 2. The second kappa shape index (κ2) is 3.95. The van der Waals surface area contributed by atoms with Gasteiger partial charge in [-0.15, -0.1) is 0 Å². The van der Waals surface area contributed by atoms with E-state index in [1.165, 1.54) is 16.7 Å². The molecule has 1 N–H and O–H groups in total. The van der Waals surface area contributed by atoms with Crippen LogP contribution < -0.4 is 0 Å². The smallest absolute Gasteiger partial charge is 0.169 e. The van der Waals surface area contributed by atoms with Crippen molar-refractivity contribution in [2.75, 3.05) is 6.61 Å². The highest BCUT2D eigenvalue weighted by Gasteiger charge is 2.38. The molecule has 0 radical (unpaired) electrons. The van der Waals surface area contributed by atoms with Gasteiger partial charge in [0.15, 0.2) is 5.78 Å². The highest BCUT2D eigenvalue weighted by atomic mass is 16.2. The van der Waals surface area contributed by atoms with Crippen molar-refractivity contribution < 1.29 is 9.90 Å². The second-order valence-electron chi connectivity index (χ2n) is 5.69. The number of fused-ring (bicyclic) bond motifs is 1. The van der Waals surface area contributed by atoms with E-state index in [-0.39, 0.29) is 17.8 Å². The van der Waals surface area contributed by atoms with Crippen molar-refractivity contribution in [1.29, 1.82) is 0 Å². The molecule has 0 spiro atoms. The van der Waals surface area contributed by atoms with Crippen LogP contribution in [0.5, 0.6) is 0 Å². The maximum Gasteiger partial charge on any atom is 0.169 e. The molecule has 0 saturated carbocycles. The minimum absolute atomic E-state index is 0.164. The van der Waals surface area contributed by atoms with Gasteiger partial charge in [0.1, 0.15) is 0 Å². The lowest BCUT2D eigenvalue weighted by Gasteiger charge is -2.14. The van der Waals surface area contributed by atoms with Crippen LogP contribution in [0.2, 0.25) is 0 Å². The normalized spacial score (nSPS) is 17.4. The predicted octanol–water partition coefficient (Wildman–Crippen LogP) is 2.60. The first kappa shape index (κ1) is 12.3. The van der Waals surface area contributed by atoms with Gasteiger partial charge >= 0.3 is 0 Å². The molecule has 17 heavy (non-hydrogen) atoms. The maximum atomic E-state index is 12.2. The number of hydrogen-bond donors (Lipinski definition) is 1. The fourth-order valence-corrected chi connectivity index (χ4v) is 2.88. The Balaban J connectivity index is 2.60. The Morgan fingerprint density at radius 2 is 2.00 bits per heavy atom. The lowest BCUT2D eigenvalue weighted by molar-refractivity contribution is 0.0863. The number of benzene rings is 1. The molecule has 1 aliphatic rings. The predicted molar refractivity (Wildman–Crippen MR) is 68.5 cm³/mol. The van der Waals surface area contributed by atoms with E-state index >= 15 is 0 Å². The molecular formula is C15H20O2. The van der Waals surface area contributed by atoms with Gasteiger partial charge in [0.25, 0.3) is 0 Å². The molecule has 0 bridgehead atoms. The van der Waals surface area contributed by atoms with E-state index in [0.717, 1.165) is 17.5 Å². The van der Waals surface area contributed by atoms with Crippen LogP contribution in [-0.2, 0) is 12.8 Å². The molecule has 0 atom stereocenters. The van der Waals surface area contributed by atoms with E-state index in [4.69, 9.17) is 5.11 Å². The van der Waals surface area contributed by atoms with Gasteiger partial charge < -0.3 is 5.11 Å². The molecule has 0 heterocycles. The number of aliphatic hydroxyl groups is 1. The van der Waals surface area contributed by atoms with Gasteiger partial charge in [0.05, 0.1) is 0 Å². The van der Waals surface area contributed by atoms with Gasteiger partial charge in [-0.1, -0.05) is 13.8 Å². The number of aliphatic hydroxyl groups excluding tert-OH is 1. The topological polar surface area (TPSA) is 37.3 Å². The third kappa shape index (κ3) is 1.81. The number of hydrogen-bond acceptors (Lipinski definition) is 2. The number of carbonyl (C=O) groups excluding carboxylic acids is 1. The third-order valence-electron chi connectivity index (χ3n) is 3.91. The largest absolute Gasteiger partial charge is 0.396 e. The van der Waals surface area contributed by atoms with Crippen molar-refractivity contribution in [1.82, 2.24) is 0 Å². The van der Waals surface area contributed by atoms with E-state index in [1.54, 1.807) is 0 Å². The van der Waals surface area contributed by atoms with Gasteiger partial charge in [0.2, 0.25) is 0 Å². The molecule has 2 nitrogen and oxygen atoms in total. The van der Waals surface area contributed by atoms with Crippen molar-refractivity contribution in [3.63, 3.8) is 0 Å². The third-order valence-corrected chi connectivity index (χ3v) is 3.91. The molecule has 92 valence electrons. The first-order valence-corrected chi connectivity index (χ1v) is 6.16. The first-order valence-electron chi connectivity index (χ1n) is 6.16. The van der Waals surface area contributed by atoms with Crippen molar-refractivity contribution in [3.05, 3.63) is 33.9 Å². The number of ketones is 1. The molecule has 2 heteroatoms. The summed E-state index contributed by atoms with van der Waals surface area (Å²) in [6.07, 6.45) is 1.51. The Labute approximate surface area is 103 Å². The van der Waals surface area contributed by atoms with E-state index in [1.807, 2.05) is 26.8 Å². The minimum Gasteiger partial charge on any atom is -0.396 e. The minimum atomic E-state index is -0.266. The zero-order chi connectivity index (χ0) is 12.8. The van der Waals surface area contributed by atoms with E-state index in [2.05, 4.69) is 6.92 Å². The average Bonchev–Trinajstić information content (AvgIpc) is 2.47. The summed E-state index contributed by atoms with van der Waals surface area (Å²) in [4.78, 5) is 12.2. The Hall–Kier alpha value is -1.15. The van der Waals surface area contributed by atoms with Crippen LogP contribution >= 0.6 is 0 Å². The summed E-state index contributed by atoms with van der Waals surface area (Å²) in [6.45, 7) is 8.28. The average molecular weight is 232 g/mol. The summed E-state index contributed by atoms with van der Waals surface area (Å²) < 4.78 is 0. The van der Waals surface area contributed by atoms with Gasteiger partial charge in [-0.05, 0) is 55.0 Å². The van der Waals surface area contributed by atoms with E-state index in [0.29, 0.717) is 6.42 Å². The van der Waals surface area contributed by atoms with Crippen molar-refractivity contribution in [2.45, 2.75) is 40.5 Å². The summed E-state index contributed by atoms with van der Waals surface area (Å²) in [5.74, 6) is 0.259. The maximum absolute atomic E-state index is 12.2. The second-order valence-corrected chi connectivity index (χ2v) is 5.69. The van der Waals surface area contributed by atoms with Gasteiger partial charge in [0, 0.05) is 17.6 Å². The molecular weight excluding hydrogens is 212 g/mol. The van der Waals surface area contributed by atoms with Gasteiger partial charge in [-0.25, -0.2) is 0 Å². The zero-order valence-corrected chi connectivity index (χ0v) is 11.1. The summed E-state index contributed by atoms with van der Waals surface area (Å²) >= 11 is 0. The van der Waals surface area contributed by atoms with E-state index < -0.39 is 0 Å². The molecule has 0 unspecified atom stereocenters. The van der Waals surface area contributed by atoms with Gasteiger partial charge in [-0.3, -0.25) is 4.79 Å². The quantitative estimate of drug-likeness (QED) is 0.851. The van der Waals surface area contributed by atoms with Crippen LogP contribution in [0.1, 0.15) is 46.5 Å². The monoisotopic (exact) mass is 232 g/mol. The van der Waals surface area contributed by atoms with Crippen LogP contribution in [0.4, 0.5) is 0 Å². The molecule has 0 amide bonds. The van der Waals surface area contributed by atoms with Crippen molar-refractivity contribution in [2.24, 2.45) is 5.41 Å². The lowest BCUT2D eigenvalue weighted by atomic mass is 9.88. The highest BCUT2D eigenvalue weighted by molar-refractivity contribution is 6.05. The first-order chi connectivity index (χ1) is 7.88. The molecule has 2 rings (SSSR count). The number of Topliss-reactive ketones (excluding diaryl/α,β-unsaturated/α-hetero) is 1. The van der Waals surface area contributed by atoms with Crippen LogP contribution in [0, 0.1) is 19.3 Å². The molecule has 0 aliphatic heterocycles. The summed E-state index contributed by atoms with van der Waals surface area (Å²) in [5, 5.41) is 9.10. The van der Waals surface area contributed by atoms with Crippen molar-refractivity contribution in [3.8, 4) is 0 Å². The number of aryl methyl sites for hydroxylation is 1. The fourth-order valence-electron chi connectivity index (χ4n) is 2.88. The van der Waals surface area contributed by atoms with Crippen LogP contribution in [0.15, 0.2) is 6.07 Å². The van der Waals surface area contributed by atoms with E-state index in [9.17, 15) is 4.79 Å². The molecule has 0 fully saturated rings. The zero-order valence-electron chi connectivity index (χ0n) is 11.1. The Kier molecular flexibility index (Phi) is 2.86. The summed E-state index contributed by atoms with van der Waals surface area (Å²) in [6, 6.07) is 2.00. The van der Waals surface area contributed by atoms with Crippen LogP contribution in [0.25, 0.3) is 0 Å². The van der Waals surface area contributed by atoms with Crippen LogP contribution in [-0.4, -0.2) is 17.5 Å². The number of carbonyl (C=O) groups is 1.